The van der Waals surface area contributed by atoms with Crippen molar-refractivity contribution in [1.82, 2.24) is 34.4 Å². The van der Waals surface area contributed by atoms with Crippen LogP contribution < -0.4 is 10.9 Å². The Morgan fingerprint density at radius 3 is 2.66 bits per heavy atom. The quantitative estimate of drug-likeness (QED) is 0.739. The zero-order valence-electron chi connectivity index (χ0n) is 18.8. The van der Waals surface area contributed by atoms with Crippen molar-refractivity contribution in [3.8, 4) is 0 Å². The minimum atomic E-state index is -0.260. The van der Waals surface area contributed by atoms with Gasteiger partial charge in [0.15, 0.2) is 0 Å². The predicted octanol–water partition coefficient (Wildman–Crippen LogP) is 0.641. The van der Waals surface area contributed by atoms with E-state index in [1.807, 2.05) is 18.7 Å². The van der Waals surface area contributed by atoms with E-state index in [1.165, 1.54) is 0 Å². The van der Waals surface area contributed by atoms with Crippen molar-refractivity contribution in [2.24, 2.45) is 7.05 Å². The van der Waals surface area contributed by atoms with Gasteiger partial charge in [0.1, 0.15) is 11.5 Å². The van der Waals surface area contributed by atoms with Crippen LogP contribution in [0.2, 0.25) is 0 Å². The van der Waals surface area contributed by atoms with E-state index in [0.717, 1.165) is 24.4 Å². The average molecular weight is 440 g/mol. The number of fused-ring (bicyclic) bond motifs is 3. The normalized spacial score (nSPS) is 21.9. The maximum absolute atomic E-state index is 13.4. The van der Waals surface area contributed by atoms with E-state index >= 15 is 0 Å². The Bertz CT molecular complexity index is 1150. The number of hydrogen-bond donors (Lipinski definition) is 1. The van der Waals surface area contributed by atoms with Crippen LogP contribution in [0.3, 0.4) is 0 Å². The summed E-state index contributed by atoms with van der Waals surface area (Å²) in [5, 5.41) is 7.16. The monoisotopic (exact) mass is 439 g/mol. The van der Waals surface area contributed by atoms with Gasteiger partial charge < -0.3 is 15.1 Å². The Kier molecular flexibility index (Phi) is 4.83. The van der Waals surface area contributed by atoms with Gasteiger partial charge in [0.2, 0.25) is 0 Å². The Morgan fingerprint density at radius 2 is 1.94 bits per heavy atom. The molecule has 32 heavy (non-hydrogen) atoms. The lowest BCUT2D eigenvalue weighted by molar-refractivity contribution is 0.0725. The fourth-order valence-electron chi connectivity index (χ4n) is 5.20. The van der Waals surface area contributed by atoms with Crippen LogP contribution in [0.15, 0.2) is 17.1 Å². The summed E-state index contributed by atoms with van der Waals surface area (Å²) in [6.07, 6.45) is 3.90. The topological polar surface area (TPSA) is 105 Å². The lowest BCUT2D eigenvalue weighted by atomic mass is 9.85. The maximum Gasteiger partial charge on any atom is 0.317 e. The van der Waals surface area contributed by atoms with Crippen LogP contribution in [-0.4, -0.2) is 66.7 Å². The molecule has 0 aromatic carbocycles. The zero-order chi connectivity index (χ0) is 22.6. The van der Waals surface area contributed by atoms with Gasteiger partial charge in [0.05, 0.1) is 17.8 Å². The summed E-state index contributed by atoms with van der Waals surface area (Å²) in [4.78, 5) is 47.2. The first-order valence-electron chi connectivity index (χ1n) is 11.2. The molecule has 0 radical (unpaired) electrons. The molecule has 0 bridgehead atoms. The molecule has 0 unspecified atom stereocenters. The molecule has 3 aliphatic heterocycles. The summed E-state index contributed by atoms with van der Waals surface area (Å²) in [5.41, 5.74) is 1.47. The van der Waals surface area contributed by atoms with E-state index in [-0.39, 0.29) is 35.5 Å². The Balaban J connectivity index is 1.40. The van der Waals surface area contributed by atoms with Gasteiger partial charge in [-0.3, -0.25) is 18.8 Å². The number of nitrogens with one attached hydrogen (secondary N) is 1. The number of amides is 3. The minimum absolute atomic E-state index is 0.0505. The van der Waals surface area contributed by atoms with E-state index in [4.69, 9.17) is 4.98 Å². The summed E-state index contributed by atoms with van der Waals surface area (Å²) in [7, 11) is 1.77. The van der Waals surface area contributed by atoms with Crippen molar-refractivity contribution in [3.63, 3.8) is 0 Å². The van der Waals surface area contributed by atoms with E-state index in [0.29, 0.717) is 43.9 Å². The first-order chi connectivity index (χ1) is 15.3. The van der Waals surface area contributed by atoms with Gasteiger partial charge in [0, 0.05) is 57.3 Å². The molecular weight excluding hydrogens is 410 g/mol. The van der Waals surface area contributed by atoms with Crippen LogP contribution in [0.1, 0.15) is 54.3 Å². The van der Waals surface area contributed by atoms with Gasteiger partial charge in [-0.05, 0) is 32.8 Å². The third-order valence-corrected chi connectivity index (χ3v) is 6.88. The summed E-state index contributed by atoms with van der Waals surface area (Å²) >= 11 is 0. The number of rotatable bonds is 2. The summed E-state index contributed by atoms with van der Waals surface area (Å²) in [5.74, 6) is 0.644. The number of aryl methyl sites for hydroxylation is 1. The number of urea groups is 1. The van der Waals surface area contributed by atoms with Crippen molar-refractivity contribution in [3.05, 3.63) is 45.4 Å². The molecule has 1 spiro atoms. The zero-order valence-corrected chi connectivity index (χ0v) is 18.8. The molecule has 3 amide bonds. The molecule has 1 atom stereocenters. The fraction of sp³-hybridized carbons (Fsp3) is 0.591. The van der Waals surface area contributed by atoms with Crippen molar-refractivity contribution in [1.29, 1.82) is 0 Å². The Morgan fingerprint density at radius 1 is 1.16 bits per heavy atom. The lowest BCUT2D eigenvalue weighted by Crippen LogP contribution is -2.44. The van der Waals surface area contributed by atoms with Gasteiger partial charge in [-0.25, -0.2) is 9.78 Å². The van der Waals surface area contributed by atoms with Gasteiger partial charge in [-0.15, -0.1) is 0 Å². The predicted molar refractivity (Wildman–Crippen MR) is 116 cm³/mol. The van der Waals surface area contributed by atoms with E-state index < -0.39 is 0 Å². The second-order valence-corrected chi connectivity index (χ2v) is 9.47. The molecular formula is C22H29N7O3. The standard InChI is InChI=1S/C22H29N7O3/c1-14(2)23-21(32)28-10-6-22(13-28)7-11-29-18(30)15-12-27(9-5-16(15)24-20(22)29)19(31)17-4-8-26(3)25-17/h4,8,14H,5-7,9-13H2,1-3H3,(H,23,32)/t22-/m1/s1. The highest BCUT2D eigenvalue weighted by atomic mass is 16.2. The smallest absolute Gasteiger partial charge is 0.317 e. The van der Waals surface area contributed by atoms with E-state index in [2.05, 4.69) is 10.4 Å². The molecule has 10 nitrogen and oxygen atoms in total. The van der Waals surface area contributed by atoms with Crippen LogP contribution in [0, 0.1) is 0 Å². The molecule has 10 heteroatoms. The van der Waals surface area contributed by atoms with Crippen LogP contribution in [0.5, 0.6) is 0 Å². The SMILES string of the molecule is CC(C)NC(=O)N1CC[C@@]2(CCn3c2nc2c(c3=O)CN(C(=O)c3ccn(C)n3)CC2)C1. The molecule has 2 aromatic rings. The molecule has 5 rings (SSSR count). The second-order valence-electron chi connectivity index (χ2n) is 9.47. The van der Waals surface area contributed by atoms with Crippen molar-refractivity contribution >= 4 is 11.9 Å². The maximum atomic E-state index is 13.4. The number of aromatic nitrogens is 4. The van der Waals surface area contributed by atoms with Gasteiger partial charge in [-0.1, -0.05) is 0 Å². The third kappa shape index (κ3) is 3.28. The van der Waals surface area contributed by atoms with Gasteiger partial charge >= 0.3 is 6.03 Å². The summed E-state index contributed by atoms with van der Waals surface area (Å²) < 4.78 is 3.37. The molecule has 2 aromatic heterocycles. The number of carbonyl (C=O) groups excluding carboxylic acids is 2. The second kappa shape index (κ2) is 7.46. The number of likely N-dealkylation sites (tertiary alicyclic amines) is 1. The third-order valence-electron chi connectivity index (χ3n) is 6.88. The number of hydrogen-bond acceptors (Lipinski definition) is 5. The highest BCUT2D eigenvalue weighted by molar-refractivity contribution is 5.92. The van der Waals surface area contributed by atoms with Gasteiger partial charge in [0.25, 0.3) is 11.5 Å². The van der Waals surface area contributed by atoms with Gasteiger partial charge in [-0.2, -0.15) is 5.10 Å². The molecule has 1 saturated heterocycles. The first-order valence-corrected chi connectivity index (χ1v) is 11.2. The first kappa shape index (κ1) is 20.7. The molecule has 170 valence electrons. The average Bonchev–Trinajstić information content (AvgIpc) is 3.47. The highest BCUT2D eigenvalue weighted by Gasteiger charge is 2.48. The number of nitrogens with zero attached hydrogens (tertiary/aromatic N) is 6. The molecule has 0 saturated carbocycles. The van der Waals surface area contributed by atoms with E-state index in [1.54, 1.807) is 33.5 Å². The van der Waals surface area contributed by atoms with Crippen molar-refractivity contribution in [2.45, 2.75) is 57.7 Å². The highest BCUT2D eigenvalue weighted by Crippen LogP contribution is 2.41. The largest absolute Gasteiger partial charge is 0.336 e. The molecule has 5 heterocycles. The fourth-order valence-corrected chi connectivity index (χ4v) is 5.20. The van der Waals surface area contributed by atoms with Crippen molar-refractivity contribution < 1.29 is 9.59 Å². The van der Waals surface area contributed by atoms with E-state index in [9.17, 15) is 14.4 Å². The van der Waals surface area contributed by atoms with Crippen LogP contribution >= 0.6 is 0 Å². The molecule has 0 aliphatic carbocycles. The van der Waals surface area contributed by atoms with Crippen LogP contribution in [-0.2, 0) is 32.0 Å². The number of carbonyl (C=O) groups is 2. The lowest BCUT2D eigenvalue weighted by Gasteiger charge is -2.29. The van der Waals surface area contributed by atoms with Crippen LogP contribution in [0.25, 0.3) is 0 Å². The van der Waals surface area contributed by atoms with Crippen LogP contribution in [0.4, 0.5) is 4.79 Å². The Labute approximate surface area is 186 Å². The minimum Gasteiger partial charge on any atom is -0.336 e. The Hall–Kier alpha value is -3.17. The molecule has 1 N–H and O–H groups in total. The summed E-state index contributed by atoms with van der Waals surface area (Å²) in [6, 6.07) is 1.72. The molecule has 3 aliphatic rings. The molecule has 1 fully saturated rings. The van der Waals surface area contributed by atoms with Crippen molar-refractivity contribution in [2.75, 3.05) is 19.6 Å². The summed E-state index contributed by atoms with van der Waals surface area (Å²) in [6.45, 7) is 6.51.